The molecular weight excluding hydrogens is 134 g/mol. The Balaban J connectivity index is 3.25. The van der Waals surface area contributed by atoms with Gasteiger partial charge < -0.3 is 5.73 Å². The molecule has 0 bridgehead atoms. The standard InChI is InChI=1S/C7H6ClN/c1-5-6(8)3-2-4-7(5)9/h3H,9H2,1H3. The van der Waals surface area contributed by atoms with Crippen molar-refractivity contribution in [2.24, 2.45) is 0 Å². The van der Waals surface area contributed by atoms with Crippen LogP contribution in [0.25, 0.3) is 0 Å². The van der Waals surface area contributed by atoms with Crippen molar-refractivity contribution in [2.45, 2.75) is 6.92 Å². The lowest BCUT2D eigenvalue weighted by atomic mass is 10.2. The minimum atomic E-state index is 0.572. The van der Waals surface area contributed by atoms with Gasteiger partial charge in [-0.15, -0.1) is 0 Å². The Morgan fingerprint density at radius 1 is 1.67 bits per heavy atom. The van der Waals surface area contributed by atoms with Gasteiger partial charge in [0.05, 0.1) is 10.7 Å². The van der Waals surface area contributed by atoms with Crippen LogP contribution in [0.1, 0.15) is 5.56 Å². The molecule has 0 radical (unpaired) electrons. The van der Waals surface area contributed by atoms with Crippen LogP contribution in [0.15, 0.2) is 6.07 Å². The predicted octanol–water partition coefficient (Wildman–Crippen LogP) is 1.83. The van der Waals surface area contributed by atoms with E-state index in [1.54, 1.807) is 6.07 Å². The van der Waals surface area contributed by atoms with Crippen LogP contribution in [-0.4, -0.2) is 0 Å². The summed E-state index contributed by atoms with van der Waals surface area (Å²) in [6.45, 7) is 1.85. The number of halogens is 1. The highest BCUT2D eigenvalue weighted by Crippen LogP contribution is 2.16. The first-order chi connectivity index (χ1) is 4.22. The molecule has 2 N–H and O–H groups in total. The molecule has 0 atom stereocenters. The smallest absolute Gasteiger partial charge is 0.0875 e. The minimum absolute atomic E-state index is 0.572. The highest BCUT2D eigenvalue weighted by molar-refractivity contribution is 6.31. The fourth-order valence-corrected chi connectivity index (χ4v) is 0.664. The highest BCUT2D eigenvalue weighted by Gasteiger charge is 1.94. The molecule has 0 amide bonds. The molecule has 0 saturated carbocycles. The molecule has 1 aromatic carbocycles. The molecule has 1 nitrogen and oxygen atoms in total. The normalized spacial score (nSPS) is 8.67. The summed E-state index contributed by atoms with van der Waals surface area (Å²) in [4.78, 5) is 0. The van der Waals surface area contributed by atoms with Crippen molar-refractivity contribution in [1.29, 1.82) is 0 Å². The lowest BCUT2D eigenvalue weighted by molar-refractivity contribution is 1.48. The summed E-state index contributed by atoms with van der Waals surface area (Å²) < 4.78 is 0. The largest absolute Gasteiger partial charge is 0.392 e. The SMILES string of the molecule is Cc1c(N)c#ccc1Cl. The predicted molar refractivity (Wildman–Crippen MR) is 38.3 cm³/mol. The summed E-state index contributed by atoms with van der Waals surface area (Å²) in [6.07, 6.45) is 0. The van der Waals surface area contributed by atoms with Crippen LogP contribution in [0.3, 0.4) is 0 Å². The van der Waals surface area contributed by atoms with Crippen LogP contribution in [0.5, 0.6) is 0 Å². The van der Waals surface area contributed by atoms with Gasteiger partial charge in [-0.3, -0.25) is 0 Å². The van der Waals surface area contributed by atoms with E-state index in [0.717, 1.165) is 5.56 Å². The summed E-state index contributed by atoms with van der Waals surface area (Å²) in [5.41, 5.74) is 6.89. The third-order valence-corrected chi connectivity index (χ3v) is 1.56. The summed E-state index contributed by atoms with van der Waals surface area (Å²) >= 11 is 5.68. The Morgan fingerprint density at radius 2 is 2.33 bits per heavy atom. The summed E-state index contributed by atoms with van der Waals surface area (Å²) in [5, 5.41) is 0.645. The second kappa shape index (κ2) is 2.16. The first-order valence-electron chi connectivity index (χ1n) is 2.56. The number of rotatable bonds is 0. The average molecular weight is 140 g/mol. The number of hydrogen-bond donors (Lipinski definition) is 1. The first-order valence-corrected chi connectivity index (χ1v) is 2.93. The molecule has 1 aromatic rings. The molecule has 0 saturated heterocycles. The van der Waals surface area contributed by atoms with E-state index in [0.29, 0.717) is 10.7 Å². The third kappa shape index (κ3) is 1.09. The summed E-state index contributed by atoms with van der Waals surface area (Å²) in [6, 6.07) is 7.04. The second-order valence-corrected chi connectivity index (χ2v) is 2.21. The first kappa shape index (κ1) is 6.25. The second-order valence-electron chi connectivity index (χ2n) is 1.80. The van der Waals surface area contributed by atoms with E-state index in [-0.39, 0.29) is 0 Å². The van der Waals surface area contributed by atoms with Crippen molar-refractivity contribution in [2.75, 3.05) is 5.73 Å². The van der Waals surface area contributed by atoms with Crippen LogP contribution in [0.4, 0.5) is 5.69 Å². The van der Waals surface area contributed by atoms with Gasteiger partial charge >= 0.3 is 0 Å². The van der Waals surface area contributed by atoms with E-state index in [9.17, 15) is 0 Å². The minimum Gasteiger partial charge on any atom is -0.392 e. The van der Waals surface area contributed by atoms with E-state index in [1.807, 2.05) is 6.92 Å². The van der Waals surface area contributed by atoms with Crippen LogP contribution < -0.4 is 5.73 Å². The Bertz CT molecular complexity index is 200. The van der Waals surface area contributed by atoms with Gasteiger partial charge in [-0.2, -0.15) is 0 Å². The van der Waals surface area contributed by atoms with Crippen molar-refractivity contribution in [3.05, 3.63) is 28.8 Å². The third-order valence-electron chi connectivity index (χ3n) is 1.17. The zero-order chi connectivity index (χ0) is 6.85. The lowest BCUT2D eigenvalue weighted by Gasteiger charge is -1.94. The zero-order valence-corrected chi connectivity index (χ0v) is 5.79. The maximum atomic E-state index is 5.68. The van der Waals surface area contributed by atoms with Crippen molar-refractivity contribution >= 4 is 17.3 Å². The monoisotopic (exact) mass is 139 g/mol. The van der Waals surface area contributed by atoms with Gasteiger partial charge in [0.15, 0.2) is 0 Å². The number of anilines is 1. The lowest BCUT2D eigenvalue weighted by Crippen LogP contribution is -1.86. The van der Waals surface area contributed by atoms with Gasteiger partial charge in [0.2, 0.25) is 0 Å². The average Bonchev–Trinajstić information content (AvgIpc) is 1.83. The van der Waals surface area contributed by atoms with Crippen molar-refractivity contribution in [3.63, 3.8) is 0 Å². The van der Waals surface area contributed by atoms with Crippen LogP contribution >= 0.6 is 11.6 Å². The molecule has 0 aliphatic heterocycles. The molecule has 0 heterocycles. The van der Waals surface area contributed by atoms with Crippen LogP contribution in [0.2, 0.25) is 5.02 Å². The maximum Gasteiger partial charge on any atom is 0.0875 e. The van der Waals surface area contributed by atoms with Gasteiger partial charge in [-0.25, -0.2) is 0 Å². The molecule has 1 rings (SSSR count). The van der Waals surface area contributed by atoms with Crippen molar-refractivity contribution in [3.8, 4) is 0 Å². The van der Waals surface area contributed by atoms with E-state index < -0.39 is 0 Å². The molecule has 0 aromatic heterocycles. The molecule has 0 fully saturated rings. The Morgan fingerprint density at radius 3 is 2.78 bits per heavy atom. The summed E-state index contributed by atoms with van der Waals surface area (Å²) in [7, 11) is 0. The topological polar surface area (TPSA) is 26.0 Å². The van der Waals surface area contributed by atoms with E-state index in [4.69, 9.17) is 17.3 Å². The molecule has 0 aliphatic carbocycles. The molecule has 2 heteroatoms. The highest BCUT2D eigenvalue weighted by atomic mass is 35.5. The molecule has 0 aliphatic rings. The fraction of sp³-hybridized carbons (Fsp3) is 0.143. The number of hydrogen-bond acceptors (Lipinski definition) is 1. The molecule has 9 heavy (non-hydrogen) atoms. The van der Waals surface area contributed by atoms with Gasteiger partial charge in [0, 0.05) is 6.07 Å². The Labute approximate surface area is 59.4 Å². The Hall–Kier alpha value is -0.870. The molecule has 46 valence electrons. The maximum absolute atomic E-state index is 5.68. The quantitative estimate of drug-likeness (QED) is 0.583. The zero-order valence-electron chi connectivity index (χ0n) is 5.03. The molecular formula is C7H6ClN. The Kier molecular flexibility index (Phi) is 1.50. The van der Waals surface area contributed by atoms with E-state index in [1.165, 1.54) is 0 Å². The van der Waals surface area contributed by atoms with Crippen LogP contribution in [-0.2, 0) is 0 Å². The van der Waals surface area contributed by atoms with Gasteiger partial charge in [0.25, 0.3) is 0 Å². The van der Waals surface area contributed by atoms with Crippen LogP contribution in [0, 0.1) is 19.1 Å². The number of nitrogens with two attached hydrogens (primary N) is 1. The van der Waals surface area contributed by atoms with Gasteiger partial charge in [-0.1, -0.05) is 17.7 Å². The number of nitrogen functional groups attached to an aromatic ring is 1. The molecule has 0 unspecified atom stereocenters. The fourth-order valence-electron chi connectivity index (χ4n) is 0.508. The van der Waals surface area contributed by atoms with Gasteiger partial charge in [0.1, 0.15) is 0 Å². The van der Waals surface area contributed by atoms with E-state index >= 15 is 0 Å². The van der Waals surface area contributed by atoms with Gasteiger partial charge in [-0.05, 0) is 18.6 Å². The van der Waals surface area contributed by atoms with E-state index in [2.05, 4.69) is 12.1 Å². The summed E-state index contributed by atoms with van der Waals surface area (Å²) in [5.74, 6) is 0. The van der Waals surface area contributed by atoms with Crippen molar-refractivity contribution in [1.82, 2.24) is 0 Å². The van der Waals surface area contributed by atoms with Crippen molar-refractivity contribution < 1.29 is 0 Å². The molecule has 0 spiro atoms.